The lowest BCUT2D eigenvalue weighted by Crippen LogP contribution is -2.23. The third-order valence-corrected chi connectivity index (χ3v) is 3.81. The quantitative estimate of drug-likeness (QED) is 0.635. The van der Waals surface area contributed by atoms with Gasteiger partial charge in [0, 0.05) is 5.69 Å². The van der Waals surface area contributed by atoms with Gasteiger partial charge in [-0.2, -0.15) is 0 Å². The van der Waals surface area contributed by atoms with Crippen LogP contribution in [-0.4, -0.2) is 6.09 Å². The Morgan fingerprint density at radius 1 is 0.808 bits per heavy atom. The lowest BCUT2D eigenvalue weighted by molar-refractivity contribution is 0.0995. The zero-order chi connectivity index (χ0) is 18.2. The summed E-state index contributed by atoms with van der Waals surface area (Å²) in [7, 11) is 0. The Labute approximate surface area is 151 Å². The molecule has 26 heavy (non-hydrogen) atoms. The van der Waals surface area contributed by atoms with Crippen molar-refractivity contribution < 1.29 is 14.0 Å². The van der Waals surface area contributed by atoms with Crippen LogP contribution in [0.25, 0.3) is 0 Å². The van der Waals surface area contributed by atoms with E-state index >= 15 is 0 Å². The molecule has 0 saturated carbocycles. The average Bonchev–Trinajstić information content (AvgIpc) is 2.66. The molecular formula is C21H19FN2O2. The van der Waals surface area contributed by atoms with Gasteiger partial charge in [-0.05, 0) is 47.4 Å². The van der Waals surface area contributed by atoms with Crippen LogP contribution in [0.4, 0.5) is 14.9 Å². The van der Waals surface area contributed by atoms with Crippen LogP contribution >= 0.6 is 0 Å². The van der Waals surface area contributed by atoms with E-state index in [-0.39, 0.29) is 5.82 Å². The maximum Gasteiger partial charge on any atom is 0.430 e. The number of rotatable bonds is 6. The molecule has 5 heteroatoms. The standard InChI is InChI=1S/C21H19FN2O2/c22-19-10-6-16(7-11-19)14-17-8-12-20(13-9-17)24-21(25)26-23-15-18-4-2-1-3-5-18/h1-13,23H,14-15H2,(H,24,25). The Morgan fingerprint density at radius 3 is 2.08 bits per heavy atom. The fourth-order valence-electron chi connectivity index (χ4n) is 2.47. The molecule has 3 aromatic rings. The number of amides is 1. The number of hydroxylamine groups is 1. The van der Waals surface area contributed by atoms with Gasteiger partial charge in [0.25, 0.3) is 0 Å². The Morgan fingerprint density at radius 2 is 1.42 bits per heavy atom. The van der Waals surface area contributed by atoms with Crippen LogP contribution in [0, 0.1) is 5.82 Å². The van der Waals surface area contributed by atoms with Crippen molar-refractivity contribution >= 4 is 11.8 Å². The van der Waals surface area contributed by atoms with E-state index in [9.17, 15) is 9.18 Å². The monoisotopic (exact) mass is 350 g/mol. The van der Waals surface area contributed by atoms with Crippen molar-refractivity contribution in [3.63, 3.8) is 0 Å². The van der Waals surface area contributed by atoms with Gasteiger partial charge in [-0.3, -0.25) is 5.32 Å². The number of benzene rings is 3. The van der Waals surface area contributed by atoms with Crippen molar-refractivity contribution in [2.75, 3.05) is 5.32 Å². The van der Waals surface area contributed by atoms with Crippen LogP contribution in [0.1, 0.15) is 16.7 Å². The van der Waals surface area contributed by atoms with Crippen molar-refractivity contribution in [2.45, 2.75) is 13.0 Å². The Kier molecular flexibility index (Phi) is 5.96. The molecule has 0 bridgehead atoms. The first-order valence-corrected chi connectivity index (χ1v) is 8.27. The molecule has 2 N–H and O–H groups in total. The molecule has 0 atom stereocenters. The highest BCUT2D eigenvalue weighted by Crippen LogP contribution is 2.14. The van der Waals surface area contributed by atoms with E-state index in [2.05, 4.69) is 10.8 Å². The molecule has 0 aliphatic rings. The van der Waals surface area contributed by atoms with E-state index in [1.807, 2.05) is 42.5 Å². The molecule has 0 aromatic heterocycles. The maximum atomic E-state index is 12.9. The molecule has 0 unspecified atom stereocenters. The largest absolute Gasteiger partial charge is 0.430 e. The number of hydrogen-bond acceptors (Lipinski definition) is 3. The van der Waals surface area contributed by atoms with Crippen molar-refractivity contribution in [2.24, 2.45) is 0 Å². The summed E-state index contributed by atoms with van der Waals surface area (Å²) >= 11 is 0. The summed E-state index contributed by atoms with van der Waals surface area (Å²) in [5.41, 5.74) is 6.38. The van der Waals surface area contributed by atoms with Crippen LogP contribution in [0.3, 0.4) is 0 Å². The lowest BCUT2D eigenvalue weighted by Gasteiger charge is -2.08. The third kappa shape index (κ3) is 5.43. The molecule has 3 aromatic carbocycles. The lowest BCUT2D eigenvalue weighted by atomic mass is 10.0. The SMILES string of the molecule is O=C(Nc1ccc(Cc2ccc(F)cc2)cc1)ONCc1ccccc1. The summed E-state index contributed by atoms with van der Waals surface area (Å²) in [5.74, 6) is -0.243. The number of nitrogens with one attached hydrogen (secondary N) is 2. The first-order chi connectivity index (χ1) is 12.7. The second-order valence-corrected chi connectivity index (χ2v) is 5.82. The minimum atomic E-state index is -0.577. The topological polar surface area (TPSA) is 50.4 Å². The highest BCUT2D eigenvalue weighted by atomic mass is 19.1. The molecule has 0 saturated heterocycles. The average molecular weight is 350 g/mol. The van der Waals surface area contributed by atoms with Gasteiger partial charge in [-0.1, -0.05) is 54.6 Å². The van der Waals surface area contributed by atoms with E-state index in [0.717, 1.165) is 16.7 Å². The second kappa shape index (κ2) is 8.78. The fraction of sp³-hybridized carbons (Fsp3) is 0.0952. The van der Waals surface area contributed by atoms with Crippen LogP contribution in [0.15, 0.2) is 78.9 Å². The minimum absolute atomic E-state index is 0.243. The Bertz CT molecular complexity index is 834. The number of carbonyl (C=O) groups excluding carboxylic acids is 1. The minimum Gasteiger partial charge on any atom is -0.353 e. The van der Waals surface area contributed by atoms with Crippen molar-refractivity contribution in [1.82, 2.24) is 5.48 Å². The van der Waals surface area contributed by atoms with Gasteiger partial charge >= 0.3 is 6.09 Å². The number of hydrogen-bond donors (Lipinski definition) is 2. The molecule has 1 amide bonds. The zero-order valence-electron chi connectivity index (χ0n) is 14.1. The number of carbonyl (C=O) groups is 1. The summed E-state index contributed by atoms with van der Waals surface area (Å²) in [4.78, 5) is 16.7. The van der Waals surface area contributed by atoms with Gasteiger partial charge < -0.3 is 4.84 Å². The number of halogens is 1. The van der Waals surface area contributed by atoms with Crippen LogP contribution in [-0.2, 0) is 17.8 Å². The van der Waals surface area contributed by atoms with Crippen LogP contribution in [0.2, 0.25) is 0 Å². The van der Waals surface area contributed by atoms with Gasteiger partial charge in [0.15, 0.2) is 0 Å². The first-order valence-electron chi connectivity index (χ1n) is 8.27. The van der Waals surface area contributed by atoms with Gasteiger partial charge in [0.1, 0.15) is 5.82 Å². The van der Waals surface area contributed by atoms with E-state index in [4.69, 9.17) is 4.84 Å². The highest BCUT2D eigenvalue weighted by molar-refractivity contribution is 5.84. The summed E-state index contributed by atoms with van der Waals surface area (Å²) in [6, 6.07) is 23.5. The molecule has 132 valence electrons. The van der Waals surface area contributed by atoms with Crippen LogP contribution < -0.4 is 10.8 Å². The van der Waals surface area contributed by atoms with Gasteiger partial charge in [0.05, 0.1) is 6.54 Å². The number of anilines is 1. The summed E-state index contributed by atoms with van der Waals surface area (Å²) < 4.78 is 12.9. The van der Waals surface area contributed by atoms with Crippen molar-refractivity contribution in [3.05, 3.63) is 101 Å². The molecule has 4 nitrogen and oxygen atoms in total. The summed E-state index contributed by atoms with van der Waals surface area (Å²) in [5, 5.41) is 2.65. The zero-order valence-corrected chi connectivity index (χ0v) is 14.1. The van der Waals surface area contributed by atoms with Crippen molar-refractivity contribution in [1.29, 1.82) is 0 Å². The maximum absolute atomic E-state index is 12.9. The predicted octanol–water partition coefficient (Wildman–Crippen LogP) is 4.67. The Balaban J connectivity index is 1.46. The van der Waals surface area contributed by atoms with Gasteiger partial charge in [0.2, 0.25) is 0 Å². The highest BCUT2D eigenvalue weighted by Gasteiger charge is 2.04. The predicted molar refractivity (Wildman–Crippen MR) is 99.0 cm³/mol. The molecule has 0 heterocycles. The molecule has 0 aliphatic carbocycles. The molecule has 3 rings (SSSR count). The second-order valence-electron chi connectivity index (χ2n) is 5.82. The Hall–Kier alpha value is -3.18. The first kappa shape index (κ1) is 17.6. The summed E-state index contributed by atoms with van der Waals surface area (Å²) in [6.07, 6.45) is 0.121. The van der Waals surface area contributed by atoms with Gasteiger partial charge in [-0.15, -0.1) is 5.48 Å². The smallest absolute Gasteiger partial charge is 0.353 e. The van der Waals surface area contributed by atoms with Gasteiger partial charge in [-0.25, -0.2) is 9.18 Å². The fourth-order valence-corrected chi connectivity index (χ4v) is 2.47. The molecule has 0 fully saturated rings. The van der Waals surface area contributed by atoms with Crippen molar-refractivity contribution in [3.8, 4) is 0 Å². The molecule has 0 radical (unpaired) electrons. The van der Waals surface area contributed by atoms with E-state index in [1.165, 1.54) is 12.1 Å². The molecule has 0 spiro atoms. The summed E-state index contributed by atoms with van der Waals surface area (Å²) in [6.45, 7) is 0.435. The molecule has 0 aliphatic heterocycles. The normalized spacial score (nSPS) is 10.3. The van der Waals surface area contributed by atoms with Crippen LogP contribution in [0.5, 0.6) is 0 Å². The molecular weight excluding hydrogens is 331 g/mol. The third-order valence-electron chi connectivity index (χ3n) is 3.81. The van der Waals surface area contributed by atoms with E-state index < -0.39 is 6.09 Å². The van der Waals surface area contributed by atoms with E-state index in [1.54, 1.807) is 24.3 Å². The van der Waals surface area contributed by atoms with E-state index in [0.29, 0.717) is 18.7 Å².